The Bertz CT molecular complexity index is 1340. The van der Waals surface area contributed by atoms with Crippen molar-refractivity contribution in [2.24, 2.45) is 0 Å². The highest BCUT2D eigenvalue weighted by atomic mass is 32.2. The van der Waals surface area contributed by atoms with E-state index in [1.54, 1.807) is 4.68 Å². The van der Waals surface area contributed by atoms with Crippen molar-refractivity contribution in [3.05, 3.63) is 76.2 Å². The third-order valence-corrected chi connectivity index (χ3v) is 6.36. The van der Waals surface area contributed by atoms with Crippen molar-refractivity contribution in [1.29, 1.82) is 0 Å². The fourth-order valence-electron chi connectivity index (χ4n) is 3.99. The molecule has 2 aromatic heterocycles. The predicted octanol–water partition coefficient (Wildman–Crippen LogP) is 3.49. The molecule has 8 heteroatoms. The summed E-state index contributed by atoms with van der Waals surface area (Å²) in [6, 6.07) is 15.9. The molecule has 0 saturated carbocycles. The first-order chi connectivity index (χ1) is 15.0. The second kappa shape index (κ2) is 7.70. The van der Waals surface area contributed by atoms with E-state index in [4.69, 9.17) is 0 Å². The lowest BCUT2D eigenvalue weighted by Crippen LogP contribution is -2.37. The van der Waals surface area contributed by atoms with Gasteiger partial charge in [-0.2, -0.15) is 5.10 Å². The molecule has 1 unspecified atom stereocenters. The van der Waals surface area contributed by atoms with E-state index >= 15 is 0 Å². The van der Waals surface area contributed by atoms with Crippen LogP contribution in [0.5, 0.6) is 0 Å². The number of fused-ring (bicyclic) bond motifs is 2. The van der Waals surface area contributed by atoms with Crippen LogP contribution in [0.3, 0.4) is 0 Å². The van der Waals surface area contributed by atoms with E-state index in [2.05, 4.69) is 28.1 Å². The highest BCUT2D eigenvalue weighted by Crippen LogP contribution is 2.32. The van der Waals surface area contributed by atoms with Gasteiger partial charge in [0.2, 0.25) is 5.91 Å². The molecule has 0 saturated heterocycles. The van der Waals surface area contributed by atoms with Crippen molar-refractivity contribution in [1.82, 2.24) is 19.7 Å². The lowest BCUT2D eigenvalue weighted by atomic mass is 10.1. The maximum atomic E-state index is 13.0. The zero-order chi connectivity index (χ0) is 21.5. The molecule has 156 valence electrons. The third-order valence-electron chi connectivity index (χ3n) is 5.50. The van der Waals surface area contributed by atoms with E-state index in [1.165, 1.54) is 23.5 Å². The summed E-state index contributed by atoms with van der Waals surface area (Å²) in [5, 5.41) is 5.16. The Morgan fingerprint density at radius 3 is 2.77 bits per heavy atom. The predicted molar refractivity (Wildman–Crippen MR) is 122 cm³/mol. The second-order valence-corrected chi connectivity index (χ2v) is 8.70. The SMILES string of the molecule is Cc1ccc(-n2ncc3c(=O)[nH]c(SCC(=O)N4c5ccccc5CC4C)nc32)cc1. The highest BCUT2D eigenvalue weighted by Gasteiger charge is 2.30. The summed E-state index contributed by atoms with van der Waals surface area (Å²) < 4.78 is 1.65. The zero-order valence-electron chi connectivity index (χ0n) is 17.2. The molecule has 1 amide bonds. The number of aryl methyl sites for hydroxylation is 1. The van der Waals surface area contributed by atoms with Crippen molar-refractivity contribution in [2.75, 3.05) is 10.7 Å². The number of aromatic amines is 1. The molecular weight excluding hydrogens is 410 g/mol. The number of carbonyl (C=O) groups is 1. The van der Waals surface area contributed by atoms with Gasteiger partial charge >= 0.3 is 0 Å². The Morgan fingerprint density at radius 2 is 1.97 bits per heavy atom. The summed E-state index contributed by atoms with van der Waals surface area (Å²) in [5.41, 5.74) is 4.32. The molecule has 4 aromatic rings. The molecule has 1 N–H and O–H groups in total. The molecule has 3 heterocycles. The van der Waals surface area contributed by atoms with Gasteiger partial charge in [-0.3, -0.25) is 9.59 Å². The molecule has 0 radical (unpaired) electrons. The number of aromatic nitrogens is 4. The fourth-order valence-corrected chi connectivity index (χ4v) is 4.70. The van der Waals surface area contributed by atoms with Crippen molar-refractivity contribution < 1.29 is 4.79 Å². The number of hydrogen-bond donors (Lipinski definition) is 1. The number of anilines is 1. The molecule has 0 fully saturated rings. The second-order valence-electron chi connectivity index (χ2n) is 7.73. The van der Waals surface area contributed by atoms with Crippen LogP contribution in [0.25, 0.3) is 16.7 Å². The van der Waals surface area contributed by atoms with E-state index in [1.807, 2.05) is 54.3 Å². The van der Waals surface area contributed by atoms with E-state index < -0.39 is 0 Å². The molecule has 1 atom stereocenters. The number of amides is 1. The average molecular weight is 432 g/mol. The first kappa shape index (κ1) is 19.6. The van der Waals surface area contributed by atoms with Crippen LogP contribution in [-0.4, -0.2) is 37.5 Å². The highest BCUT2D eigenvalue weighted by molar-refractivity contribution is 7.99. The summed E-state index contributed by atoms with van der Waals surface area (Å²) in [7, 11) is 0. The lowest BCUT2D eigenvalue weighted by Gasteiger charge is -2.22. The van der Waals surface area contributed by atoms with Crippen LogP contribution < -0.4 is 10.5 Å². The van der Waals surface area contributed by atoms with Crippen LogP contribution in [-0.2, 0) is 11.2 Å². The number of para-hydroxylation sites is 1. The summed E-state index contributed by atoms with van der Waals surface area (Å²) in [6.07, 6.45) is 2.37. The topological polar surface area (TPSA) is 83.9 Å². The summed E-state index contributed by atoms with van der Waals surface area (Å²) in [6.45, 7) is 4.06. The molecule has 7 nitrogen and oxygen atoms in total. The maximum Gasteiger partial charge on any atom is 0.262 e. The number of carbonyl (C=O) groups excluding carboxylic acids is 1. The fraction of sp³-hybridized carbons (Fsp3) is 0.217. The molecule has 0 spiro atoms. The van der Waals surface area contributed by atoms with Gasteiger partial charge in [0.15, 0.2) is 10.8 Å². The molecule has 1 aliphatic heterocycles. The lowest BCUT2D eigenvalue weighted by molar-refractivity contribution is -0.116. The smallest absolute Gasteiger partial charge is 0.262 e. The van der Waals surface area contributed by atoms with Gasteiger partial charge in [-0.15, -0.1) is 0 Å². The number of nitrogens with zero attached hydrogens (tertiary/aromatic N) is 4. The van der Waals surface area contributed by atoms with E-state index in [9.17, 15) is 9.59 Å². The summed E-state index contributed by atoms with van der Waals surface area (Å²) >= 11 is 1.23. The third kappa shape index (κ3) is 3.53. The Hall–Kier alpha value is -3.39. The van der Waals surface area contributed by atoms with Gasteiger partial charge in [0, 0.05) is 11.7 Å². The van der Waals surface area contributed by atoms with Crippen LogP contribution >= 0.6 is 11.8 Å². The van der Waals surface area contributed by atoms with E-state index in [0.717, 1.165) is 23.4 Å². The number of benzene rings is 2. The van der Waals surface area contributed by atoms with Crippen LogP contribution in [0.15, 0.2) is 64.7 Å². The minimum Gasteiger partial charge on any atom is -0.308 e. The summed E-state index contributed by atoms with van der Waals surface area (Å²) in [4.78, 5) is 34.7. The van der Waals surface area contributed by atoms with E-state index in [-0.39, 0.29) is 23.3 Å². The average Bonchev–Trinajstić information content (AvgIpc) is 3.33. The molecule has 31 heavy (non-hydrogen) atoms. The Kier molecular flexibility index (Phi) is 4.86. The molecule has 2 aromatic carbocycles. The zero-order valence-corrected chi connectivity index (χ0v) is 18.0. The molecule has 1 aliphatic rings. The van der Waals surface area contributed by atoms with Gasteiger partial charge in [0.1, 0.15) is 5.39 Å². The molecular formula is C23H21N5O2S. The largest absolute Gasteiger partial charge is 0.308 e. The Balaban J connectivity index is 1.41. The van der Waals surface area contributed by atoms with E-state index in [0.29, 0.717) is 16.2 Å². The van der Waals surface area contributed by atoms with Gasteiger partial charge < -0.3 is 9.88 Å². The van der Waals surface area contributed by atoms with Crippen LogP contribution in [0.2, 0.25) is 0 Å². The van der Waals surface area contributed by atoms with Crippen molar-refractivity contribution in [2.45, 2.75) is 31.5 Å². The number of H-pyrrole nitrogens is 1. The number of hydrogen-bond acceptors (Lipinski definition) is 5. The minimum absolute atomic E-state index is 0.00256. The normalized spacial score (nSPS) is 15.4. The van der Waals surface area contributed by atoms with Crippen LogP contribution in [0.4, 0.5) is 5.69 Å². The minimum atomic E-state index is -0.266. The monoisotopic (exact) mass is 431 g/mol. The van der Waals surface area contributed by atoms with Gasteiger partial charge in [-0.05, 0) is 44.0 Å². The number of nitrogens with one attached hydrogen (secondary N) is 1. The first-order valence-electron chi connectivity index (χ1n) is 10.1. The van der Waals surface area contributed by atoms with Crippen LogP contribution in [0, 0.1) is 6.92 Å². The molecule has 0 aliphatic carbocycles. The first-order valence-corrected chi connectivity index (χ1v) is 11.1. The quantitative estimate of drug-likeness (QED) is 0.395. The standard InChI is InChI=1S/C23H21N5O2S/c1-14-7-9-17(10-8-14)28-21-18(12-24-28)22(30)26-23(25-21)31-13-20(29)27-15(2)11-16-5-3-4-6-19(16)27/h3-10,12,15H,11,13H2,1-2H3,(H,25,26,30). The molecule has 0 bridgehead atoms. The number of rotatable bonds is 4. The van der Waals surface area contributed by atoms with Gasteiger partial charge in [-0.25, -0.2) is 9.67 Å². The summed E-state index contributed by atoms with van der Waals surface area (Å²) in [5.74, 6) is 0.184. The number of thioether (sulfide) groups is 1. The molecule has 5 rings (SSSR count). The van der Waals surface area contributed by atoms with Gasteiger partial charge in [-0.1, -0.05) is 47.7 Å². The maximum absolute atomic E-state index is 13.0. The Morgan fingerprint density at radius 1 is 1.19 bits per heavy atom. The van der Waals surface area contributed by atoms with Crippen LogP contribution in [0.1, 0.15) is 18.1 Å². The van der Waals surface area contributed by atoms with Crippen molar-refractivity contribution in [3.63, 3.8) is 0 Å². The van der Waals surface area contributed by atoms with Crippen molar-refractivity contribution >= 4 is 34.4 Å². The van der Waals surface area contributed by atoms with Crippen molar-refractivity contribution in [3.8, 4) is 5.69 Å². The van der Waals surface area contributed by atoms with Gasteiger partial charge in [0.05, 0.1) is 17.6 Å². The Labute approximate surface area is 183 Å². The van der Waals surface area contributed by atoms with Gasteiger partial charge in [0.25, 0.3) is 5.56 Å².